The number of hydrogen-bond acceptors (Lipinski definition) is 2. The Morgan fingerprint density at radius 3 is 1.96 bits per heavy atom. The van der Waals surface area contributed by atoms with Crippen LogP contribution in [0.1, 0.15) is 52.7 Å². The highest BCUT2D eigenvalue weighted by Crippen LogP contribution is 2.26. The van der Waals surface area contributed by atoms with Crippen molar-refractivity contribution in [1.82, 2.24) is 4.90 Å². The predicted molar refractivity (Wildman–Crippen MR) is 115 cm³/mol. The first kappa shape index (κ1) is 21.7. The van der Waals surface area contributed by atoms with Gasteiger partial charge in [0.25, 0.3) is 0 Å². The predicted octanol–water partition coefficient (Wildman–Crippen LogP) is 5.00. The number of amides is 2. The van der Waals surface area contributed by atoms with Gasteiger partial charge in [0.15, 0.2) is 0 Å². The Morgan fingerprint density at radius 1 is 0.893 bits per heavy atom. The van der Waals surface area contributed by atoms with Crippen LogP contribution in [0.3, 0.4) is 0 Å². The smallest absolute Gasteiger partial charge is 0.239 e. The average Bonchev–Trinajstić information content (AvgIpc) is 2.66. The number of anilines is 1. The van der Waals surface area contributed by atoms with Gasteiger partial charge in [-0.15, -0.1) is 0 Å². The van der Waals surface area contributed by atoms with Crippen LogP contribution in [-0.4, -0.2) is 23.3 Å². The normalized spacial score (nSPS) is 11.8. The van der Waals surface area contributed by atoms with Crippen LogP contribution in [0.2, 0.25) is 0 Å². The molecule has 0 aliphatic rings. The second-order valence-corrected chi connectivity index (χ2v) is 8.71. The Labute approximate surface area is 169 Å². The number of carbonyl (C=O) groups is 2. The van der Waals surface area contributed by atoms with Crippen LogP contribution in [0.15, 0.2) is 54.6 Å². The molecule has 2 amide bonds. The van der Waals surface area contributed by atoms with Crippen molar-refractivity contribution in [3.05, 3.63) is 65.7 Å². The molecule has 2 rings (SSSR count). The van der Waals surface area contributed by atoms with Crippen molar-refractivity contribution in [2.45, 2.75) is 53.5 Å². The first-order valence-electron chi connectivity index (χ1n) is 9.81. The molecule has 28 heavy (non-hydrogen) atoms. The lowest BCUT2D eigenvalue weighted by Gasteiger charge is -2.30. The standard InChI is InChI=1S/C24H32N2O2/c1-7-26(17-18-11-9-8-10-12-18)22(28)24(5,6)21(27)25-20-15-13-19(14-16-20)23(2,3)4/h8-16H,7,17H2,1-6H3,(H,25,27). The Balaban J connectivity index is 2.10. The van der Waals surface area contributed by atoms with E-state index in [1.165, 1.54) is 5.56 Å². The molecule has 0 spiro atoms. The van der Waals surface area contributed by atoms with Crippen molar-refractivity contribution in [2.75, 3.05) is 11.9 Å². The van der Waals surface area contributed by atoms with Gasteiger partial charge in [-0.25, -0.2) is 0 Å². The molecule has 0 saturated carbocycles. The summed E-state index contributed by atoms with van der Waals surface area (Å²) in [6, 6.07) is 17.6. The van der Waals surface area contributed by atoms with E-state index in [9.17, 15) is 9.59 Å². The minimum absolute atomic E-state index is 0.0524. The Morgan fingerprint density at radius 2 is 1.46 bits per heavy atom. The van der Waals surface area contributed by atoms with Gasteiger partial charge in [0, 0.05) is 18.8 Å². The largest absolute Gasteiger partial charge is 0.338 e. The quantitative estimate of drug-likeness (QED) is 0.717. The molecule has 2 aromatic rings. The summed E-state index contributed by atoms with van der Waals surface area (Å²) in [6.45, 7) is 12.8. The Hall–Kier alpha value is -2.62. The van der Waals surface area contributed by atoms with E-state index >= 15 is 0 Å². The molecule has 0 bridgehead atoms. The monoisotopic (exact) mass is 380 g/mol. The zero-order chi connectivity index (χ0) is 20.9. The summed E-state index contributed by atoms with van der Waals surface area (Å²) in [4.78, 5) is 27.7. The molecule has 0 heterocycles. The number of carbonyl (C=O) groups excluding carboxylic acids is 2. The lowest BCUT2D eigenvalue weighted by Crippen LogP contribution is -2.47. The van der Waals surface area contributed by atoms with E-state index in [0.29, 0.717) is 18.8 Å². The van der Waals surface area contributed by atoms with Gasteiger partial charge in [0.05, 0.1) is 0 Å². The Kier molecular flexibility index (Phi) is 6.65. The van der Waals surface area contributed by atoms with E-state index in [1.807, 2.05) is 61.5 Å². The third-order valence-electron chi connectivity index (χ3n) is 5.00. The first-order chi connectivity index (χ1) is 13.1. The van der Waals surface area contributed by atoms with Crippen molar-refractivity contribution in [3.63, 3.8) is 0 Å². The van der Waals surface area contributed by atoms with E-state index in [4.69, 9.17) is 0 Å². The van der Waals surface area contributed by atoms with Crippen molar-refractivity contribution in [1.29, 1.82) is 0 Å². The van der Waals surface area contributed by atoms with E-state index in [-0.39, 0.29) is 17.2 Å². The first-order valence-corrected chi connectivity index (χ1v) is 9.81. The van der Waals surface area contributed by atoms with Gasteiger partial charge in [-0.05, 0) is 49.4 Å². The van der Waals surface area contributed by atoms with Gasteiger partial charge in [-0.3, -0.25) is 9.59 Å². The highest BCUT2D eigenvalue weighted by molar-refractivity contribution is 6.09. The fourth-order valence-corrected chi connectivity index (χ4v) is 2.96. The maximum absolute atomic E-state index is 13.1. The van der Waals surface area contributed by atoms with Crippen molar-refractivity contribution in [2.24, 2.45) is 5.41 Å². The minimum Gasteiger partial charge on any atom is -0.338 e. The van der Waals surface area contributed by atoms with Gasteiger partial charge < -0.3 is 10.2 Å². The molecule has 0 aliphatic carbocycles. The molecule has 4 nitrogen and oxygen atoms in total. The SMILES string of the molecule is CCN(Cc1ccccc1)C(=O)C(C)(C)C(=O)Nc1ccc(C(C)(C)C)cc1. The fraction of sp³-hybridized carbons (Fsp3) is 0.417. The summed E-state index contributed by atoms with van der Waals surface area (Å²) >= 11 is 0. The van der Waals surface area contributed by atoms with Crippen molar-refractivity contribution in [3.8, 4) is 0 Å². The van der Waals surface area contributed by atoms with Crippen LogP contribution < -0.4 is 5.32 Å². The van der Waals surface area contributed by atoms with Crippen LogP contribution in [-0.2, 0) is 21.5 Å². The lowest BCUT2D eigenvalue weighted by atomic mass is 9.87. The molecule has 0 radical (unpaired) electrons. The maximum atomic E-state index is 13.1. The summed E-state index contributed by atoms with van der Waals surface area (Å²) in [5.41, 5.74) is 1.84. The highest BCUT2D eigenvalue weighted by Gasteiger charge is 2.38. The molecule has 0 atom stereocenters. The molecule has 0 saturated heterocycles. The van der Waals surface area contributed by atoms with Crippen LogP contribution in [0.4, 0.5) is 5.69 Å². The fourth-order valence-electron chi connectivity index (χ4n) is 2.96. The van der Waals surface area contributed by atoms with Crippen molar-refractivity contribution < 1.29 is 9.59 Å². The molecule has 0 unspecified atom stereocenters. The maximum Gasteiger partial charge on any atom is 0.239 e. The van der Waals surface area contributed by atoms with Crippen molar-refractivity contribution >= 4 is 17.5 Å². The highest BCUT2D eigenvalue weighted by atomic mass is 16.2. The molecule has 0 aliphatic heterocycles. The average molecular weight is 381 g/mol. The number of rotatable bonds is 6. The molecular formula is C24H32N2O2. The zero-order valence-corrected chi connectivity index (χ0v) is 17.9. The van der Waals surface area contributed by atoms with Crippen LogP contribution in [0, 0.1) is 5.41 Å². The van der Waals surface area contributed by atoms with Gasteiger partial charge in [0.1, 0.15) is 5.41 Å². The third-order valence-corrected chi connectivity index (χ3v) is 5.00. The van der Waals surface area contributed by atoms with Gasteiger partial charge in [-0.2, -0.15) is 0 Å². The molecule has 0 fully saturated rings. The van der Waals surface area contributed by atoms with Crippen LogP contribution >= 0.6 is 0 Å². The topological polar surface area (TPSA) is 49.4 Å². The van der Waals surface area contributed by atoms with E-state index in [1.54, 1.807) is 18.7 Å². The van der Waals surface area contributed by atoms with Crippen LogP contribution in [0.5, 0.6) is 0 Å². The van der Waals surface area contributed by atoms with E-state index < -0.39 is 5.41 Å². The lowest BCUT2D eigenvalue weighted by molar-refractivity contribution is -0.146. The molecule has 2 aromatic carbocycles. The molecule has 150 valence electrons. The second kappa shape index (κ2) is 8.59. The summed E-state index contributed by atoms with van der Waals surface area (Å²) in [7, 11) is 0. The number of nitrogens with zero attached hydrogens (tertiary/aromatic N) is 1. The molecule has 1 N–H and O–H groups in total. The van der Waals surface area contributed by atoms with Gasteiger partial charge in [0.2, 0.25) is 11.8 Å². The third kappa shape index (κ3) is 5.22. The number of nitrogens with one attached hydrogen (secondary N) is 1. The second-order valence-electron chi connectivity index (χ2n) is 8.71. The van der Waals surface area contributed by atoms with E-state index in [2.05, 4.69) is 26.1 Å². The minimum atomic E-state index is -1.16. The Bertz CT molecular complexity index is 803. The number of benzene rings is 2. The summed E-state index contributed by atoms with van der Waals surface area (Å²) in [5.74, 6) is -0.477. The van der Waals surface area contributed by atoms with Gasteiger partial charge in [-0.1, -0.05) is 63.2 Å². The number of hydrogen-bond donors (Lipinski definition) is 1. The molecular weight excluding hydrogens is 348 g/mol. The summed E-state index contributed by atoms with van der Waals surface area (Å²) in [6.07, 6.45) is 0. The summed E-state index contributed by atoms with van der Waals surface area (Å²) < 4.78 is 0. The van der Waals surface area contributed by atoms with E-state index in [0.717, 1.165) is 5.56 Å². The zero-order valence-electron chi connectivity index (χ0n) is 17.9. The van der Waals surface area contributed by atoms with Crippen LogP contribution in [0.25, 0.3) is 0 Å². The summed E-state index contributed by atoms with van der Waals surface area (Å²) in [5, 5.41) is 2.90. The van der Waals surface area contributed by atoms with Gasteiger partial charge >= 0.3 is 0 Å². The molecule has 0 aromatic heterocycles. The molecule has 4 heteroatoms.